The predicted molar refractivity (Wildman–Crippen MR) is 52.0 cm³/mol. The maximum Gasteiger partial charge on any atom is 0.196 e. The van der Waals surface area contributed by atoms with Crippen molar-refractivity contribution in [2.24, 2.45) is 4.99 Å². The molecule has 13 heavy (non-hydrogen) atoms. The van der Waals surface area contributed by atoms with Crippen LogP contribution in [0.25, 0.3) is 0 Å². The number of nitrogens with zero attached hydrogens (tertiary/aromatic N) is 3. The molecule has 1 aromatic rings. The third-order valence-corrected chi connectivity index (χ3v) is 2.09. The maximum atomic E-state index is 5.81. The highest BCUT2D eigenvalue weighted by Gasteiger charge is 2.29. The topological polar surface area (TPSA) is 50.2 Å². The van der Waals surface area contributed by atoms with Gasteiger partial charge in [-0.2, -0.15) is 0 Å². The first kappa shape index (κ1) is 8.44. The molecule has 1 aliphatic heterocycles. The van der Waals surface area contributed by atoms with Gasteiger partial charge in [0.1, 0.15) is 11.9 Å². The maximum absolute atomic E-state index is 5.81. The van der Waals surface area contributed by atoms with Crippen LogP contribution in [0.1, 0.15) is 19.5 Å². The van der Waals surface area contributed by atoms with E-state index < -0.39 is 0 Å². The van der Waals surface area contributed by atoms with Gasteiger partial charge in [-0.15, -0.1) is 0 Å². The summed E-state index contributed by atoms with van der Waals surface area (Å²) in [6, 6.07) is 0. The molecular weight excluding hydrogens is 188 g/mol. The molecule has 1 N–H and O–H groups in total. The van der Waals surface area contributed by atoms with Crippen molar-refractivity contribution in [2.45, 2.75) is 19.4 Å². The zero-order chi connectivity index (χ0) is 9.47. The molecule has 0 aliphatic carbocycles. The number of rotatable bonds is 0. The van der Waals surface area contributed by atoms with Crippen LogP contribution in [0, 0.1) is 0 Å². The minimum Gasteiger partial charge on any atom is -0.328 e. The molecule has 0 bridgehead atoms. The Kier molecular flexibility index (Phi) is 1.73. The lowest BCUT2D eigenvalue weighted by Crippen LogP contribution is -2.27. The fourth-order valence-electron chi connectivity index (χ4n) is 1.35. The third kappa shape index (κ3) is 1.37. The van der Waals surface area contributed by atoms with Gasteiger partial charge in [0.25, 0.3) is 0 Å². The Hall–Kier alpha value is -1.16. The molecular formula is C8H9ClN4. The molecule has 2 rings (SSSR count). The smallest absolute Gasteiger partial charge is 0.196 e. The minimum absolute atomic E-state index is 0.374. The average Bonchev–Trinajstić information content (AvgIpc) is 2.02. The van der Waals surface area contributed by atoms with Crippen LogP contribution in [-0.4, -0.2) is 15.3 Å². The van der Waals surface area contributed by atoms with Gasteiger partial charge in [0, 0.05) is 0 Å². The fraction of sp³-hybridized carbons (Fsp3) is 0.375. The van der Waals surface area contributed by atoms with E-state index in [-0.39, 0.29) is 5.54 Å². The fourth-order valence-corrected chi connectivity index (χ4v) is 1.66. The summed E-state index contributed by atoms with van der Waals surface area (Å²) in [4.78, 5) is 12.3. The quantitative estimate of drug-likeness (QED) is 0.643. The zero-order valence-corrected chi connectivity index (χ0v) is 8.13. The lowest BCUT2D eigenvalue weighted by atomic mass is 9.99. The summed E-state index contributed by atoms with van der Waals surface area (Å²) in [6.45, 7) is 3.92. The van der Waals surface area contributed by atoms with Crippen molar-refractivity contribution < 1.29 is 0 Å². The normalized spacial score (nSPS) is 18.5. The van der Waals surface area contributed by atoms with Gasteiger partial charge in [-0.05, 0) is 25.4 Å². The van der Waals surface area contributed by atoms with E-state index >= 15 is 0 Å². The lowest BCUT2D eigenvalue weighted by Gasteiger charge is -2.26. The number of aromatic nitrogens is 2. The van der Waals surface area contributed by atoms with Gasteiger partial charge >= 0.3 is 0 Å². The van der Waals surface area contributed by atoms with Crippen LogP contribution in [0.4, 0.5) is 5.69 Å². The molecule has 0 unspecified atom stereocenters. The molecule has 0 amide bonds. The molecule has 68 valence electrons. The van der Waals surface area contributed by atoms with Crippen LogP contribution in [0.5, 0.6) is 0 Å². The SMILES string of the molecule is CC1(C)N=C(Cl)Nc2cncnc21. The van der Waals surface area contributed by atoms with Crippen molar-refractivity contribution in [1.82, 2.24) is 9.97 Å². The molecule has 0 spiro atoms. The summed E-state index contributed by atoms with van der Waals surface area (Å²) < 4.78 is 0. The van der Waals surface area contributed by atoms with E-state index in [1.54, 1.807) is 6.20 Å². The largest absolute Gasteiger partial charge is 0.328 e. The van der Waals surface area contributed by atoms with E-state index in [1.165, 1.54) is 6.33 Å². The second-order valence-corrected chi connectivity index (χ2v) is 3.73. The first-order valence-corrected chi connectivity index (χ1v) is 4.30. The Morgan fingerprint density at radius 1 is 1.46 bits per heavy atom. The number of amidine groups is 1. The second kappa shape index (κ2) is 2.67. The number of halogens is 1. The molecule has 1 aliphatic rings. The standard InChI is InChI=1S/C8H9ClN4/c1-8(2)6-5(3-10-4-11-6)12-7(9)13-8/h3-4H,1-2H3,(H,12,13). The van der Waals surface area contributed by atoms with E-state index in [0.29, 0.717) is 5.29 Å². The van der Waals surface area contributed by atoms with E-state index in [9.17, 15) is 0 Å². The van der Waals surface area contributed by atoms with E-state index in [1.807, 2.05) is 13.8 Å². The van der Waals surface area contributed by atoms with Gasteiger partial charge in [-0.3, -0.25) is 0 Å². The number of fused-ring (bicyclic) bond motifs is 1. The Bertz CT molecular complexity index is 372. The van der Waals surface area contributed by atoms with Crippen LogP contribution < -0.4 is 5.32 Å². The molecule has 0 radical (unpaired) electrons. The lowest BCUT2D eigenvalue weighted by molar-refractivity contribution is 0.536. The Balaban J connectivity index is 2.58. The molecule has 0 aromatic carbocycles. The van der Waals surface area contributed by atoms with Crippen molar-refractivity contribution in [3.63, 3.8) is 0 Å². The Morgan fingerprint density at radius 3 is 3.00 bits per heavy atom. The van der Waals surface area contributed by atoms with Crippen LogP contribution >= 0.6 is 11.6 Å². The van der Waals surface area contributed by atoms with Gasteiger partial charge in [-0.25, -0.2) is 15.0 Å². The van der Waals surface area contributed by atoms with Crippen molar-refractivity contribution in [1.29, 1.82) is 0 Å². The van der Waals surface area contributed by atoms with E-state index in [4.69, 9.17) is 11.6 Å². The summed E-state index contributed by atoms with van der Waals surface area (Å²) >= 11 is 5.81. The number of hydrogen-bond donors (Lipinski definition) is 1. The van der Waals surface area contributed by atoms with Crippen LogP contribution in [0.15, 0.2) is 17.5 Å². The monoisotopic (exact) mass is 196 g/mol. The number of anilines is 1. The molecule has 1 aromatic heterocycles. The van der Waals surface area contributed by atoms with Crippen molar-refractivity contribution in [2.75, 3.05) is 5.32 Å². The summed E-state index contributed by atoms with van der Waals surface area (Å²) in [5, 5.41) is 3.29. The number of hydrogen-bond acceptors (Lipinski definition) is 4. The van der Waals surface area contributed by atoms with Gasteiger partial charge in [0.15, 0.2) is 5.29 Å². The van der Waals surface area contributed by atoms with Gasteiger partial charge < -0.3 is 5.32 Å². The molecule has 0 atom stereocenters. The zero-order valence-electron chi connectivity index (χ0n) is 7.37. The summed E-state index contributed by atoms with van der Waals surface area (Å²) in [7, 11) is 0. The van der Waals surface area contributed by atoms with Crippen LogP contribution in [0.2, 0.25) is 0 Å². The first-order valence-electron chi connectivity index (χ1n) is 3.92. The average molecular weight is 197 g/mol. The molecule has 2 heterocycles. The van der Waals surface area contributed by atoms with Crippen LogP contribution in [-0.2, 0) is 5.54 Å². The molecule has 0 saturated heterocycles. The van der Waals surface area contributed by atoms with Gasteiger partial charge in [-0.1, -0.05) is 0 Å². The van der Waals surface area contributed by atoms with E-state index in [2.05, 4.69) is 20.3 Å². The third-order valence-electron chi connectivity index (χ3n) is 1.91. The molecule has 5 heteroatoms. The number of nitrogens with one attached hydrogen (secondary N) is 1. The van der Waals surface area contributed by atoms with Gasteiger partial charge in [0.05, 0.1) is 17.6 Å². The molecule has 0 fully saturated rings. The summed E-state index contributed by atoms with van der Waals surface area (Å²) in [5.41, 5.74) is 1.32. The highest BCUT2D eigenvalue weighted by atomic mass is 35.5. The van der Waals surface area contributed by atoms with Crippen LogP contribution in [0.3, 0.4) is 0 Å². The molecule has 4 nitrogen and oxygen atoms in total. The molecule has 0 saturated carbocycles. The second-order valence-electron chi connectivity index (χ2n) is 3.37. The minimum atomic E-state index is -0.374. The Labute approximate surface area is 81.1 Å². The highest BCUT2D eigenvalue weighted by Crippen LogP contribution is 2.32. The summed E-state index contributed by atoms with van der Waals surface area (Å²) in [6.07, 6.45) is 3.21. The van der Waals surface area contributed by atoms with Crippen molar-refractivity contribution in [3.8, 4) is 0 Å². The first-order chi connectivity index (χ1) is 6.09. The van der Waals surface area contributed by atoms with E-state index in [0.717, 1.165) is 11.4 Å². The highest BCUT2D eigenvalue weighted by molar-refractivity contribution is 6.67. The van der Waals surface area contributed by atoms with Gasteiger partial charge in [0.2, 0.25) is 0 Å². The Morgan fingerprint density at radius 2 is 2.23 bits per heavy atom. The predicted octanol–water partition coefficient (Wildman–Crippen LogP) is 1.73. The van der Waals surface area contributed by atoms with Crippen molar-refractivity contribution in [3.05, 3.63) is 18.2 Å². The van der Waals surface area contributed by atoms with Crippen molar-refractivity contribution >= 4 is 22.6 Å². The number of aliphatic imine (C=N–C) groups is 1. The summed E-state index contributed by atoms with van der Waals surface area (Å²) in [5.74, 6) is 0.